The minimum Gasteiger partial charge on any atom is -0.308 e. The molecule has 0 fully saturated rings. The molecule has 0 amide bonds. The van der Waals surface area contributed by atoms with Crippen molar-refractivity contribution < 1.29 is 0 Å². The third-order valence-electron chi connectivity index (χ3n) is 15.9. The maximum Gasteiger partial charge on any atom is 0.187 e. The number of nitriles is 3. The van der Waals surface area contributed by atoms with Crippen molar-refractivity contribution in [2.45, 2.75) is 0 Å². The summed E-state index contributed by atoms with van der Waals surface area (Å²) in [5.41, 5.74) is 20.6. The second-order valence-corrected chi connectivity index (χ2v) is 20.7. The molecule has 14 rings (SSSR count). The van der Waals surface area contributed by atoms with E-state index < -0.39 is 0 Å². The zero-order valence-corrected chi connectivity index (χ0v) is 44.8. The molecular weight excluding hydrogens is 1020 g/mol. The van der Waals surface area contributed by atoms with Gasteiger partial charge in [0.1, 0.15) is 11.6 Å². The van der Waals surface area contributed by atoms with Gasteiger partial charge in [-0.3, -0.25) is 0 Å². The topological polar surface area (TPSA) is 103 Å². The van der Waals surface area contributed by atoms with E-state index in [0.29, 0.717) is 39.4 Å². The number of benzene rings is 11. The van der Waals surface area contributed by atoms with Crippen LogP contribution in [0.5, 0.6) is 0 Å². The second-order valence-electron chi connectivity index (χ2n) is 20.7. The first-order valence-electron chi connectivity index (χ1n) is 27.2. The minimum absolute atomic E-state index is 0.446. The number of hydrogen-bond donors (Lipinski definition) is 0. The third kappa shape index (κ3) is 8.74. The smallest absolute Gasteiger partial charge is 0.187 e. The largest absolute Gasteiger partial charge is 0.308 e. The lowest BCUT2D eigenvalue weighted by atomic mass is 9.97. The van der Waals surface area contributed by atoms with Crippen LogP contribution in [-0.4, -0.2) is 14.1 Å². The molecule has 14 aromatic rings. The first-order chi connectivity index (χ1) is 41.4. The predicted molar refractivity (Wildman–Crippen MR) is 338 cm³/mol. The Hall–Kier alpha value is -12.4. The van der Waals surface area contributed by atoms with Crippen LogP contribution in [0.15, 0.2) is 255 Å². The molecule has 0 aliphatic rings. The second kappa shape index (κ2) is 20.7. The molecule has 0 unspecified atom stereocenters. The summed E-state index contributed by atoms with van der Waals surface area (Å²) in [6.07, 6.45) is 0. The normalized spacial score (nSPS) is 11.0. The van der Waals surface area contributed by atoms with Crippen LogP contribution in [0.2, 0.25) is 0 Å². The lowest BCUT2D eigenvalue weighted by Crippen LogP contribution is -2.05. The molecule has 3 heterocycles. The first kappa shape index (κ1) is 49.9. The summed E-state index contributed by atoms with van der Waals surface area (Å²) < 4.78 is 4.45. The summed E-state index contributed by atoms with van der Waals surface area (Å²) in [6.45, 7) is 15.3. The van der Waals surface area contributed by atoms with Gasteiger partial charge in [-0.15, -0.1) is 0 Å². The molecule has 0 saturated heterocycles. The van der Waals surface area contributed by atoms with Gasteiger partial charge in [-0.25, -0.2) is 14.7 Å². The zero-order chi connectivity index (χ0) is 56.8. The van der Waals surface area contributed by atoms with Gasteiger partial charge in [-0.1, -0.05) is 158 Å². The van der Waals surface area contributed by atoms with Crippen LogP contribution in [0.4, 0.5) is 11.4 Å². The molecule has 386 valence electrons. The molecule has 11 aromatic carbocycles. The van der Waals surface area contributed by atoms with E-state index in [1.54, 1.807) is 0 Å². The molecular formula is C76H42N8. The highest BCUT2D eigenvalue weighted by Gasteiger charge is 2.25. The SMILES string of the molecule is [C-]#[N+]c1ccc(-c2ccc3c(c2)c2cc(-c4ccc([N+]#[C-])cc4)ccc2n3-c2cc(-c3cc(-c4ccccc4)nc(-c4ccccc4)c3)cc(-n3c4ccc(-c5ccc(C#N)cc5)cc4c4cc(-c5ccc(C#N)cc5)ccc43)c2C#N)cc1. The molecule has 84 heavy (non-hydrogen) atoms. The quantitative estimate of drug-likeness (QED) is 0.134. The van der Waals surface area contributed by atoms with Crippen LogP contribution in [0.3, 0.4) is 0 Å². The molecule has 0 saturated carbocycles. The molecule has 8 heteroatoms. The highest BCUT2D eigenvalue weighted by molar-refractivity contribution is 6.14. The van der Waals surface area contributed by atoms with Crippen LogP contribution in [0, 0.1) is 47.1 Å². The highest BCUT2D eigenvalue weighted by atomic mass is 15.0. The molecule has 0 bridgehead atoms. The monoisotopic (exact) mass is 1070 g/mol. The van der Waals surface area contributed by atoms with Gasteiger partial charge in [0.15, 0.2) is 11.4 Å². The van der Waals surface area contributed by atoms with E-state index in [1.165, 1.54) is 0 Å². The molecule has 0 aliphatic carbocycles. The van der Waals surface area contributed by atoms with E-state index in [0.717, 1.165) is 122 Å². The van der Waals surface area contributed by atoms with E-state index in [4.69, 9.17) is 18.1 Å². The Bertz CT molecular complexity index is 4650. The van der Waals surface area contributed by atoms with Crippen LogP contribution in [-0.2, 0) is 0 Å². The fourth-order valence-corrected chi connectivity index (χ4v) is 11.7. The number of aromatic nitrogens is 3. The third-order valence-corrected chi connectivity index (χ3v) is 15.9. The zero-order valence-electron chi connectivity index (χ0n) is 44.8. The van der Waals surface area contributed by atoms with Crippen molar-refractivity contribution in [3.63, 3.8) is 0 Å². The van der Waals surface area contributed by atoms with E-state index in [1.807, 2.05) is 133 Å². The summed E-state index contributed by atoms with van der Waals surface area (Å²) >= 11 is 0. The molecule has 0 radical (unpaired) electrons. The van der Waals surface area contributed by atoms with E-state index in [-0.39, 0.29) is 0 Å². The first-order valence-corrected chi connectivity index (χ1v) is 27.2. The summed E-state index contributed by atoms with van der Waals surface area (Å²) in [5.74, 6) is 0. The van der Waals surface area contributed by atoms with Gasteiger partial charge in [0.25, 0.3) is 0 Å². The maximum absolute atomic E-state index is 12.1. The molecule has 0 aliphatic heterocycles. The van der Waals surface area contributed by atoms with E-state index in [9.17, 15) is 15.8 Å². The summed E-state index contributed by atoms with van der Waals surface area (Å²) in [4.78, 5) is 12.6. The number of rotatable bonds is 9. The Morgan fingerprint density at radius 2 is 0.607 bits per heavy atom. The van der Waals surface area contributed by atoms with Crippen LogP contribution >= 0.6 is 0 Å². The van der Waals surface area contributed by atoms with Gasteiger partial charge in [0, 0.05) is 32.7 Å². The summed E-state index contributed by atoms with van der Waals surface area (Å²) in [7, 11) is 0. The number of fused-ring (bicyclic) bond motifs is 6. The highest BCUT2D eigenvalue weighted by Crippen LogP contribution is 2.44. The van der Waals surface area contributed by atoms with Crippen molar-refractivity contribution in [2.75, 3.05) is 0 Å². The number of pyridine rings is 1. The van der Waals surface area contributed by atoms with Gasteiger partial charge in [0.2, 0.25) is 0 Å². The molecule has 0 spiro atoms. The van der Waals surface area contributed by atoms with E-state index in [2.05, 4.69) is 158 Å². The number of nitrogens with zero attached hydrogens (tertiary/aromatic N) is 8. The van der Waals surface area contributed by atoms with Gasteiger partial charge in [-0.2, -0.15) is 15.8 Å². The van der Waals surface area contributed by atoms with Crippen molar-refractivity contribution in [1.82, 2.24) is 14.1 Å². The molecule has 3 aromatic heterocycles. The molecule has 0 N–H and O–H groups in total. The van der Waals surface area contributed by atoms with Gasteiger partial charge in [-0.05, 0) is 153 Å². The van der Waals surface area contributed by atoms with Crippen molar-refractivity contribution in [3.8, 4) is 108 Å². The van der Waals surface area contributed by atoms with Crippen molar-refractivity contribution in [2.24, 2.45) is 0 Å². The average Bonchev–Trinajstić information content (AvgIpc) is 4.14. The Morgan fingerprint density at radius 1 is 0.298 bits per heavy atom. The molecule has 8 nitrogen and oxygen atoms in total. The van der Waals surface area contributed by atoms with Crippen LogP contribution in [0.1, 0.15) is 16.7 Å². The van der Waals surface area contributed by atoms with Gasteiger partial charge >= 0.3 is 0 Å². The van der Waals surface area contributed by atoms with Crippen molar-refractivity contribution in [3.05, 3.63) is 294 Å². The predicted octanol–water partition coefficient (Wildman–Crippen LogP) is 19.7. The van der Waals surface area contributed by atoms with Crippen LogP contribution < -0.4 is 0 Å². The Morgan fingerprint density at radius 3 is 0.917 bits per heavy atom. The Balaban J connectivity index is 1.09. The van der Waals surface area contributed by atoms with E-state index >= 15 is 0 Å². The van der Waals surface area contributed by atoms with Crippen molar-refractivity contribution in [1.29, 1.82) is 15.8 Å². The van der Waals surface area contributed by atoms with Crippen LogP contribution in [0.25, 0.3) is 143 Å². The Labute approximate surface area is 484 Å². The fraction of sp³-hybridized carbons (Fsp3) is 0. The Kier molecular flexibility index (Phi) is 12.3. The van der Waals surface area contributed by atoms with Crippen molar-refractivity contribution >= 4 is 55.0 Å². The fourth-order valence-electron chi connectivity index (χ4n) is 11.7. The average molecular weight is 1070 g/mol. The summed E-state index contributed by atoms with van der Waals surface area (Å²) in [5, 5.41) is 35.4. The van der Waals surface area contributed by atoms with Gasteiger partial charge < -0.3 is 9.13 Å². The summed E-state index contributed by atoms with van der Waals surface area (Å²) in [6, 6.07) is 92.5. The lowest BCUT2D eigenvalue weighted by Gasteiger charge is -2.19. The standard InChI is InChI=1S/C76H42N8/c1-80-62-29-21-52(22-30-62)58-27-35-73-66(39-58)67-40-59(53-23-31-63(81-2)32-24-53)28-36-74(67)84(73)76-44-61(60-41-69(54-9-5-3-6-10-54)82-70(42-60)55-11-7-4-8-12-55)43-75(68(76)47-79)83-71-33-25-56(50-17-13-48(45-77)14-18-50)37-64(71)65-38-57(26-34-72(65)83)51-19-15-49(46-78)16-20-51/h3-44H. The minimum atomic E-state index is 0.446. The van der Waals surface area contributed by atoms with Gasteiger partial charge in [0.05, 0.1) is 81.2 Å². The lowest BCUT2D eigenvalue weighted by molar-refractivity contribution is 1.12. The molecule has 0 atom stereocenters. The maximum atomic E-state index is 12.1. The number of hydrogen-bond acceptors (Lipinski definition) is 4.